The summed E-state index contributed by atoms with van der Waals surface area (Å²) in [7, 11) is 2.01. The van der Waals surface area contributed by atoms with Gasteiger partial charge in [0.15, 0.2) is 0 Å². The lowest BCUT2D eigenvalue weighted by Gasteiger charge is -2.17. The number of hydrogen-bond donors (Lipinski definition) is 2. The van der Waals surface area contributed by atoms with Crippen molar-refractivity contribution in [3.8, 4) is 0 Å². The van der Waals surface area contributed by atoms with Gasteiger partial charge in [-0.3, -0.25) is 0 Å². The van der Waals surface area contributed by atoms with E-state index in [1.807, 2.05) is 7.05 Å². The molecule has 0 radical (unpaired) electrons. The largest absolute Gasteiger partial charge is 0.315 e. The average Bonchev–Trinajstić information content (AvgIpc) is 2.30. The van der Waals surface area contributed by atoms with Crippen LogP contribution < -0.4 is 10.6 Å². The number of hydrogen-bond acceptors (Lipinski definition) is 2. The summed E-state index contributed by atoms with van der Waals surface area (Å²) in [5.41, 5.74) is 1.35. The van der Waals surface area contributed by atoms with E-state index in [0.717, 1.165) is 13.1 Å². The van der Waals surface area contributed by atoms with Crippen LogP contribution in [0.3, 0.4) is 0 Å². The summed E-state index contributed by atoms with van der Waals surface area (Å²) < 4.78 is 0. The lowest BCUT2D eigenvalue weighted by molar-refractivity contribution is 0.520. The van der Waals surface area contributed by atoms with Crippen LogP contribution in [-0.2, 0) is 0 Å². The van der Waals surface area contributed by atoms with Crippen LogP contribution in [0.4, 0.5) is 0 Å². The summed E-state index contributed by atoms with van der Waals surface area (Å²) in [5.74, 6) is 0. The fourth-order valence-corrected chi connectivity index (χ4v) is 1.62. The van der Waals surface area contributed by atoms with E-state index in [-0.39, 0.29) is 0 Å². The van der Waals surface area contributed by atoms with Crippen molar-refractivity contribution >= 4 is 0 Å². The van der Waals surface area contributed by atoms with Gasteiger partial charge in [0.2, 0.25) is 0 Å². The standard InChI is InChI=1S/C13H22N2/c1-3-4-10-15-11-13(14-2)12-8-6-5-7-9-12/h5-9,13-15H,3-4,10-11H2,1-2H3/t13-/m1/s1. The Labute approximate surface area is 93.1 Å². The maximum Gasteiger partial charge on any atom is 0.0444 e. The van der Waals surface area contributed by atoms with E-state index in [1.54, 1.807) is 0 Å². The molecule has 0 aliphatic heterocycles. The van der Waals surface area contributed by atoms with Gasteiger partial charge in [0.05, 0.1) is 0 Å². The smallest absolute Gasteiger partial charge is 0.0444 e. The van der Waals surface area contributed by atoms with Crippen molar-refractivity contribution < 1.29 is 0 Å². The highest BCUT2D eigenvalue weighted by Crippen LogP contribution is 2.10. The van der Waals surface area contributed by atoms with Crippen LogP contribution in [0.25, 0.3) is 0 Å². The molecule has 0 bridgehead atoms. The molecule has 1 rings (SSSR count). The molecule has 1 aromatic rings. The summed E-state index contributed by atoms with van der Waals surface area (Å²) in [5, 5.41) is 6.81. The predicted molar refractivity (Wildman–Crippen MR) is 66.0 cm³/mol. The van der Waals surface area contributed by atoms with Crippen LogP contribution in [0.15, 0.2) is 30.3 Å². The van der Waals surface area contributed by atoms with Crippen molar-refractivity contribution in [1.29, 1.82) is 0 Å². The minimum Gasteiger partial charge on any atom is -0.315 e. The van der Waals surface area contributed by atoms with E-state index in [4.69, 9.17) is 0 Å². The van der Waals surface area contributed by atoms with E-state index in [0.29, 0.717) is 6.04 Å². The fraction of sp³-hybridized carbons (Fsp3) is 0.538. The molecule has 84 valence electrons. The number of rotatable bonds is 7. The SMILES string of the molecule is CCCCNC[C@@H](NC)c1ccccc1. The first kappa shape index (κ1) is 12.2. The number of likely N-dealkylation sites (N-methyl/N-ethyl adjacent to an activating group) is 1. The molecule has 2 N–H and O–H groups in total. The maximum absolute atomic E-state index is 3.47. The van der Waals surface area contributed by atoms with Crippen molar-refractivity contribution in [3.63, 3.8) is 0 Å². The Kier molecular flexibility index (Phi) is 6.05. The van der Waals surface area contributed by atoms with E-state index in [9.17, 15) is 0 Å². The first-order valence-electron chi connectivity index (χ1n) is 5.81. The highest BCUT2D eigenvalue weighted by atomic mass is 15.0. The summed E-state index contributed by atoms with van der Waals surface area (Å²) in [4.78, 5) is 0. The van der Waals surface area contributed by atoms with Gasteiger partial charge in [-0.2, -0.15) is 0 Å². The first-order chi connectivity index (χ1) is 7.38. The van der Waals surface area contributed by atoms with Gasteiger partial charge >= 0.3 is 0 Å². The van der Waals surface area contributed by atoms with Crippen molar-refractivity contribution in [2.24, 2.45) is 0 Å². The lowest BCUT2D eigenvalue weighted by atomic mass is 10.1. The molecule has 0 spiro atoms. The van der Waals surface area contributed by atoms with Crippen LogP contribution in [0, 0.1) is 0 Å². The van der Waals surface area contributed by atoms with Crippen molar-refractivity contribution in [2.75, 3.05) is 20.1 Å². The maximum atomic E-state index is 3.47. The molecule has 0 fully saturated rings. The van der Waals surface area contributed by atoms with E-state index >= 15 is 0 Å². The van der Waals surface area contributed by atoms with Crippen molar-refractivity contribution in [1.82, 2.24) is 10.6 Å². The quantitative estimate of drug-likeness (QED) is 0.669. The predicted octanol–water partition coefficient (Wildman–Crippen LogP) is 2.34. The van der Waals surface area contributed by atoms with Crippen LogP contribution in [0.2, 0.25) is 0 Å². The highest BCUT2D eigenvalue weighted by Gasteiger charge is 2.06. The molecular formula is C13H22N2. The van der Waals surface area contributed by atoms with Crippen molar-refractivity contribution in [2.45, 2.75) is 25.8 Å². The molecule has 0 aromatic heterocycles. The van der Waals surface area contributed by atoms with E-state index in [2.05, 4.69) is 47.9 Å². The molecule has 2 heteroatoms. The topological polar surface area (TPSA) is 24.1 Å². The van der Waals surface area contributed by atoms with Gasteiger partial charge in [-0.15, -0.1) is 0 Å². The Balaban J connectivity index is 2.36. The molecule has 0 aliphatic rings. The van der Waals surface area contributed by atoms with Crippen molar-refractivity contribution in [3.05, 3.63) is 35.9 Å². The van der Waals surface area contributed by atoms with E-state index in [1.165, 1.54) is 18.4 Å². The highest BCUT2D eigenvalue weighted by molar-refractivity contribution is 5.19. The molecule has 0 unspecified atom stereocenters. The Morgan fingerprint density at radius 3 is 2.53 bits per heavy atom. The average molecular weight is 206 g/mol. The molecule has 0 saturated heterocycles. The molecule has 1 atom stereocenters. The lowest BCUT2D eigenvalue weighted by Crippen LogP contribution is -2.30. The third kappa shape index (κ3) is 4.45. The molecule has 1 aromatic carbocycles. The van der Waals surface area contributed by atoms with Crippen LogP contribution in [0.1, 0.15) is 31.4 Å². The second-order valence-corrected chi connectivity index (χ2v) is 3.81. The Bertz CT molecular complexity index is 246. The molecule has 15 heavy (non-hydrogen) atoms. The van der Waals surface area contributed by atoms with Gasteiger partial charge in [0.1, 0.15) is 0 Å². The number of benzene rings is 1. The zero-order chi connectivity index (χ0) is 10.9. The second-order valence-electron chi connectivity index (χ2n) is 3.81. The normalized spacial score (nSPS) is 12.7. The number of nitrogens with one attached hydrogen (secondary N) is 2. The van der Waals surface area contributed by atoms with Crippen LogP contribution >= 0.6 is 0 Å². The molecule has 0 heterocycles. The second kappa shape index (κ2) is 7.43. The van der Waals surface area contributed by atoms with Gasteiger partial charge in [-0.05, 0) is 25.6 Å². The fourth-order valence-electron chi connectivity index (χ4n) is 1.62. The third-order valence-corrected chi connectivity index (χ3v) is 2.61. The summed E-state index contributed by atoms with van der Waals surface area (Å²) >= 11 is 0. The zero-order valence-corrected chi connectivity index (χ0v) is 9.79. The van der Waals surface area contributed by atoms with Crippen LogP contribution in [0.5, 0.6) is 0 Å². The van der Waals surface area contributed by atoms with Crippen LogP contribution in [-0.4, -0.2) is 20.1 Å². The Morgan fingerprint density at radius 1 is 1.20 bits per heavy atom. The minimum atomic E-state index is 0.419. The molecule has 2 nitrogen and oxygen atoms in total. The molecular weight excluding hydrogens is 184 g/mol. The van der Waals surface area contributed by atoms with Gasteiger partial charge < -0.3 is 10.6 Å². The summed E-state index contributed by atoms with van der Waals surface area (Å²) in [6, 6.07) is 11.0. The molecule has 0 aliphatic carbocycles. The van der Waals surface area contributed by atoms with Gasteiger partial charge in [-0.1, -0.05) is 43.7 Å². The summed E-state index contributed by atoms with van der Waals surface area (Å²) in [6.07, 6.45) is 2.51. The Hall–Kier alpha value is -0.860. The van der Waals surface area contributed by atoms with E-state index < -0.39 is 0 Å². The van der Waals surface area contributed by atoms with Gasteiger partial charge in [0, 0.05) is 12.6 Å². The summed E-state index contributed by atoms with van der Waals surface area (Å²) in [6.45, 7) is 4.33. The van der Waals surface area contributed by atoms with Gasteiger partial charge in [0.25, 0.3) is 0 Å². The number of unbranched alkanes of at least 4 members (excludes halogenated alkanes) is 1. The first-order valence-corrected chi connectivity index (χ1v) is 5.81. The van der Waals surface area contributed by atoms with Gasteiger partial charge in [-0.25, -0.2) is 0 Å². The molecule has 0 saturated carbocycles. The molecule has 0 amide bonds. The monoisotopic (exact) mass is 206 g/mol. The third-order valence-electron chi connectivity index (χ3n) is 2.61. The minimum absolute atomic E-state index is 0.419. The Morgan fingerprint density at radius 2 is 1.93 bits per heavy atom. The zero-order valence-electron chi connectivity index (χ0n) is 9.79.